The number of hydrogen-bond donors (Lipinski definition) is 1. The second-order valence-electron chi connectivity index (χ2n) is 4.05. The predicted molar refractivity (Wildman–Crippen MR) is 62.0 cm³/mol. The molecule has 1 atom stereocenters. The third-order valence-corrected chi connectivity index (χ3v) is 3.91. The Balaban J connectivity index is 2.10. The Kier molecular flexibility index (Phi) is 1.92. The number of nitrogens with one attached hydrogen (secondary N) is 1. The number of thiophene rings is 1. The van der Waals surface area contributed by atoms with Crippen LogP contribution in [0.5, 0.6) is 0 Å². The molecule has 0 saturated carbocycles. The number of amidine groups is 1. The lowest BCUT2D eigenvalue weighted by Crippen LogP contribution is -2.36. The maximum Gasteiger partial charge on any atom is 0.176 e. The molecular formula is C11H12N2OS. The third kappa shape index (κ3) is 1.32. The molecule has 1 unspecified atom stereocenters. The lowest BCUT2D eigenvalue weighted by molar-refractivity contribution is 0.0945. The maximum absolute atomic E-state index is 12.2. The van der Waals surface area contributed by atoms with Gasteiger partial charge in [-0.05, 0) is 25.8 Å². The number of carbonyl (C=O) groups excluding carboxylic acids is 1. The van der Waals surface area contributed by atoms with Crippen LogP contribution in [0.15, 0.2) is 11.1 Å². The van der Waals surface area contributed by atoms with E-state index in [0.29, 0.717) is 0 Å². The van der Waals surface area contributed by atoms with Gasteiger partial charge in [-0.15, -0.1) is 11.3 Å². The summed E-state index contributed by atoms with van der Waals surface area (Å²) in [5, 5.41) is 4.28. The van der Waals surface area contributed by atoms with Crippen molar-refractivity contribution in [2.24, 2.45) is 10.9 Å². The van der Waals surface area contributed by atoms with Crippen molar-refractivity contribution in [3.8, 4) is 0 Å². The topological polar surface area (TPSA) is 41.5 Å². The summed E-state index contributed by atoms with van der Waals surface area (Å²) in [5.41, 5.74) is 0.864. The first-order chi connectivity index (χ1) is 7.25. The minimum atomic E-state index is 0.000231. The van der Waals surface area contributed by atoms with Gasteiger partial charge in [0.05, 0.1) is 11.5 Å². The van der Waals surface area contributed by atoms with Gasteiger partial charge < -0.3 is 5.32 Å². The van der Waals surface area contributed by atoms with E-state index in [1.54, 1.807) is 11.3 Å². The Bertz CT molecular complexity index is 461. The summed E-state index contributed by atoms with van der Waals surface area (Å²) in [6.07, 6.45) is 1.97. The summed E-state index contributed by atoms with van der Waals surface area (Å²) >= 11 is 1.64. The number of rotatable bonds is 0. The Hall–Kier alpha value is -1.16. The molecule has 0 saturated heterocycles. The Morgan fingerprint density at radius 1 is 1.60 bits per heavy atom. The maximum atomic E-state index is 12.2. The fraction of sp³-hybridized carbons (Fsp3) is 0.455. The molecule has 2 aliphatic heterocycles. The van der Waals surface area contributed by atoms with E-state index < -0.39 is 0 Å². The zero-order chi connectivity index (χ0) is 10.4. The molecular weight excluding hydrogens is 208 g/mol. The summed E-state index contributed by atoms with van der Waals surface area (Å²) < 4.78 is 0. The number of aliphatic imine (C=N–C) groups is 1. The number of carbonyl (C=O) groups is 1. The predicted octanol–water partition coefficient (Wildman–Crippen LogP) is 2.47. The van der Waals surface area contributed by atoms with Crippen molar-refractivity contribution in [3.05, 3.63) is 16.5 Å². The van der Waals surface area contributed by atoms with Gasteiger partial charge in [-0.2, -0.15) is 0 Å². The van der Waals surface area contributed by atoms with Gasteiger partial charge in [0.2, 0.25) is 0 Å². The van der Waals surface area contributed by atoms with Crippen molar-refractivity contribution < 1.29 is 4.79 Å². The van der Waals surface area contributed by atoms with Crippen molar-refractivity contribution in [1.29, 1.82) is 0 Å². The highest BCUT2D eigenvalue weighted by Gasteiger charge is 2.34. The van der Waals surface area contributed by atoms with E-state index in [9.17, 15) is 4.79 Å². The first kappa shape index (κ1) is 9.09. The van der Waals surface area contributed by atoms with Crippen LogP contribution in [0.25, 0.3) is 0 Å². The summed E-state index contributed by atoms with van der Waals surface area (Å²) in [6, 6.07) is 1.99. The quantitative estimate of drug-likeness (QED) is 0.729. The summed E-state index contributed by atoms with van der Waals surface area (Å²) in [4.78, 5) is 17.7. The molecule has 0 radical (unpaired) electrons. The molecule has 1 aromatic rings. The van der Waals surface area contributed by atoms with Gasteiger partial charge in [-0.3, -0.25) is 9.79 Å². The second-order valence-corrected chi connectivity index (χ2v) is 5.31. The molecule has 3 rings (SSSR count). The molecule has 3 nitrogen and oxygen atoms in total. The first-order valence-corrected chi connectivity index (χ1v) is 6.03. The largest absolute Gasteiger partial charge is 0.335 e. The van der Waals surface area contributed by atoms with Gasteiger partial charge in [0.15, 0.2) is 5.78 Å². The minimum Gasteiger partial charge on any atom is -0.335 e. The van der Waals surface area contributed by atoms with Crippen molar-refractivity contribution >= 4 is 28.0 Å². The fourth-order valence-electron chi connectivity index (χ4n) is 2.22. The molecule has 15 heavy (non-hydrogen) atoms. The average Bonchev–Trinajstić information content (AvgIpc) is 2.59. The van der Waals surface area contributed by atoms with E-state index in [4.69, 9.17) is 0 Å². The molecule has 0 spiro atoms. The van der Waals surface area contributed by atoms with E-state index in [0.717, 1.165) is 35.8 Å². The SMILES string of the molecule is Cc1cc2c(s1)NC1=NCCCC1C2=O. The monoisotopic (exact) mass is 220 g/mol. The number of hydrogen-bond acceptors (Lipinski definition) is 4. The lowest BCUT2D eigenvalue weighted by Gasteiger charge is -2.27. The van der Waals surface area contributed by atoms with Crippen molar-refractivity contribution in [2.45, 2.75) is 19.8 Å². The molecule has 0 aliphatic carbocycles. The number of ketones is 1. The van der Waals surface area contributed by atoms with Gasteiger partial charge in [0.1, 0.15) is 10.8 Å². The van der Waals surface area contributed by atoms with Gasteiger partial charge in [-0.25, -0.2) is 0 Å². The molecule has 4 heteroatoms. The fourth-order valence-corrected chi connectivity index (χ4v) is 3.14. The average molecular weight is 220 g/mol. The van der Waals surface area contributed by atoms with Crippen LogP contribution in [0.2, 0.25) is 0 Å². The van der Waals surface area contributed by atoms with Crippen LogP contribution < -0.4 is 5.32 Å². The minimum absolute atomic E-state index is 0.000231. The van der Waals surface area contributed by atoms with E-state index in [1.807, 2.05) is 13.0 Å². The van der Waals surface area contributed by atoms with Gasteiger partial charge in [-0.1, -0.05) is 0 Å². The van der Waals surface area contributed by atoms with Crippen LogP contribution in [0.3, 0.4) is 0 Å². The molecule has 1 aromatic heterocycles. The normalized spacial score (nSPS) is 23.9. The van der Waals surface area contributed by atoms with Crippen molar-refractivity contribution in [1.82, 2.24) is 0 Å². The molecule has 3 heterocycles. The molecule has 78 valence electrons. The van der Waals surface area contributed by atoms with Crippen molar-refractivity contribution in [3.63, 3.8) is 0 Å². The van der Waals surface area contributed by atoms with Crippen LogP contribution >= 0.6 is 11.3 Å². The molecule has 0 aromatic carbocycles. The molecule has 0 fully saturated rings. The molecule has 0 bridgehead atoms. The molecule has 2 aliphatic rings. The zero-order valence-corrected chi connectivity index (χ0v) is 9.36. The van der Waals surface area contributed by atoms with Gasteiger partial charge >= 0.3 is 0 Å². The number of fused-ring (bicyclic) bond motifs is 2. The van der Waals surface area contributed by atoms with E-state index >= 15 is 0 Å². The summed E-state index contributed by atoms with van der Waals surface area (Å²) in [6.45, 7) is 2.88. The lowest BCUT2D eigenvalue weighted by atomic mass is 9.88. The van der Waals surface area contributed by atoms with E-state index in [1.165, 1.54) is 4.88 Å². The van der Waals surface area contributed by atoms with Crippen LogP contribution in [0, 0.1) is 12.8 Å². The third-order valence-electron chi connectivity index (χ3n) is 2.94. The van der Waals surface area contributed by atoms with E-state index in [2.05, 4.69) is 10.3 Å². The van der Waals surface area contributed by atoms with E-state index in [-0.39, 0.29) is 11.7 Å². The zero-order valence-electron chi connectivity index (χ0n) is 8.54. The number of Topliss-reactive ketones (excluding diaryl/α,β-unsaturated/α-hetero) is 1. The highest BCUT2D eigenvalue weighted by molar-refractivity contribution is 7.16. The molecule has 1 N–H and O–H groups in total. The standard InChI is InChI=1S/C11H12N2OS/c1-6-5-8-9(14)7-3-2-4-12-10(7)13-11(8)15-6/h5,7H,2-4H2,1H3,(H,12,13). The number of aryl methyl sites for hydroxylation is 1. The Morgan fingerprint density at radius 2 is 2.47 bits per heavy atom. The Labute approximate surface area is 92.2 Å². The Morgan fingerprint density at radius 3 is 3.33 bits per heavy atom. The summed E-state index contributed by atoms with van der Waals surface area (Å²) in [7, 11) is 0. The van der Waals surface area contributed by atoms with Crippen LogP contribution in [-0.2, 0) is 0 Å². The number of nitrogens with zero attached hydrogens (tertiary/aromatic N) is 1. The molecule has 0 amide bonds. The van der Waals surface area contributed by atoms with Crippen LogP contribution in [0.1, 0.15) is 28.1 Å². The van der Waals surface area contributed by atoms with Crippen LogP contribution in [0.4, 0.5) is 5.00 Å². The number of anilines is 1. The summed E-state index contributed by atoms with van der Waals surface area (Å²) in [5.74, 6) is 1.15. The first-order valence-electron chi connectivity index (χ1n) is 5.22. The van der Waals surface area contributed by atoms with Crippen LogP contribution in [-0.4, -0.2) is 18.2 Å². The van der Waals surface area contributed by atoms with Crippen molar-refractivity contribution in [2.75, 3.05) is 11.9 Å². The second kappa shape index (κ2) is 3.17. The highest BCUT2D eigenvalue weighted by atomic mass is 32.1. The van der Waals surface area contributed by atoms with Gasteiger partial charge in [0.25, 0.3) is 0 Å². The smallest absolute Gasteiger partial charge is 0.176 e. The van der Waals surface area contributed by atoms with Gasteiger partial charge in [0, 0.05) is 11.4 Å². The highest BCUT2D eigenvalue weighted by Crippen LogP contribution is 2.36.